The van der Waals surface area contributed by atoms with E-state index in [1.165, 1.54) is 4.74 Å². The van der Waals surface area contributed by atoms with Gasteiger partial charge in [0.05, 0.1) is 24.5 Å². The highest BCUT2D eigenvalue weighted by atomic mass is 16.5. The van der Waals surface area contributed by atoms with Crippen LogP contribution in [0.5, 0.6) is 0 Å². The molecule has 2 rings (SSSR count). The molecule has 0 unspecified atom stereocenters. The third-order valence-corrected chi connectivity index (χ3v) is 3.46. The Balaban J connectivity index is 2.31. The van der Waals surface area contributed by atoms with Crippen LogP contribution in [-0.4, -0.2) is 42.0 Å². The van der Waals surface area contributed by atoms with E-state index in [2.05, 4.69) is 0 Å². The van der Waals surface area contributed by atoms with Crippen LogP contribution in [0.25, 0.3) is 0 Å². The van der Waals surface area contributed by atoms with Crippen molar-refractivity contribution in [1.29, 1.82) is 0 Å². The Morgan fingerprint density at radius 3 is 2.40 bits per heavy atom. The molecule has 0 bridgehead atoms. The highest BCUT2D eigenvalue weighted by molar-refractivity contribution is 5.76. The second-order valence-corrected chi connectivity index (χ2v) is 4.98. The van der Waals surface area contributed by atoms with Crippen molar-refractivity contribution in [2.24, 2.45) is 0 Å². The molecule has 1 aliphatic heterocycles. The van der Waals surface area contributed by atoms with E-state index in [1.54, 1.807) is 4.90 Å². The van der Waals surface area contributed by atoms with Gasteiger partial charge in [-0.1, -0.05) is 26.7 Å². The molecule has 2 heterocycles. The smallest absolute Gasteiger partial charge is 0.361 e. The van der Waals surface area contributed by atoms with Gasteiger partial charge in [0, 0.05) is 13.1 Å². The zero-order chi connectivity index (χ0) is 14.5. The lowest BCUT2D eigenvalue weighted by Gasteiger charge is -2.26. The molecule has 1 aromatic heterocycles. The Morgan fingerprint density at radius 2 is 1.80 bits per heavy atom. The molecule has 0 aliphatic carbocycles. The van der Waals surface area contributed by atoms with Crippen molar-refractivity contribution < 1.29 is 14.1 Å². The third kappa shape index (κ3) is 2.95. The van der Waals surface area contributed by atoms with E-state index < -0.39 is 0 Å². The number of hydrogen-bond donors (Lipinski definition) is 0. The van der Waals surface area contributed by atoms with E-state index >= 15 is 0 Å². The van der Waals surface area contributed by atoms with Crippen LogP contribution in [0.1, 0.15) is 37.9 Å². The Morgan fingerprint density at radius 1 is 1.15 bits per heavy atom. The third-order valence-electron chi connectivity index (χ3n) is 3.46. The molecule has 0 aromatic carbocycles. The number of morpholine rings is 1. The first-order chi connectivity index (χ1) is 9.69. The Bertz CT molecular complexity index is 512. The molecule has 6 nitrogen and oxygen atoms in total. The Hall–Kier alpha value is -1.56. The van der Waals surface area contributed by atoms with Gasteiger partial charge in [-0.05, 0) is 12.8 Å². The molecule has 1 fully saturated rings. The molecular weight excluding hydrogens is 260 g/mol. The molecule has 20 heavy (non-hydrogen) atoms. The monoisotopic (exact) mass is 282 g/mol. The number of carbonyl (C=O) groups is 1. The van der Waals surface area contributed by atoms with Crippen LogP contribution in [0.2, 0.25) is 0 Å². The number of rotatable bonds is 4. The van der Waals surface area contributed by atoms with Crippen LogP contribution in [-0.2, 0) is 17.6 Å². The highest BCUT2D eigenvalue weighted by Gasteiger charge is 2.25. The summed E-state index contributed by atoms with van der Waals surface area (Å²) in [7, 11) is 0. The van der Waals surface area contributed by atoms with Crippen molar-refractivity contribution in [1.82, 2.24) is 9.64 Å². The molecule has 0 atom stereocenters. The first kappa shape index (κ1) is 14.8. The molecule has 1 aliphatic rings. The molecular formula is C14H22N2O4. The van der Waals surface area contributed by atoms with Crippen LogP contribution in [0.4, 0.5) is 4.79 Å². The van der Waals surface area contributed by atoms with Crippen LogP contribution in [0.3, 0.4) is 0 Å². The number of amides is 1. The average Bonchev–Trinajstić information content (AvgIpc) is 2.77. The SMILES string of the molecule is CCCc1c(CCC)n(C(=O)N2CCOCC2)oc1=O. The van der Waals surface area contributed by atoms with Gasteiger partial charge >= 0.3 is 11.7 Å². The fraction of sp³-hybridized carbons (Fsp3) is 0.714. The second-order valence-electron chi connectivity index (χ2n) is 4.98. The summed E-state index contributed by atoms with van der Waals surface area (Å²) in [6, 6.07) is -0.254. The zero-order valence-electron chi connectivity index (χ0n) is 12.2. The van der Waals surface area contributed by atoms with Gasteiger partial charge in [-0.15, -0.1) is 4.74 Å². The van der Waals surface area contributed by atoms with Crippen molar-refractivity contribution in [3.63, 3.8) is 0 Å². The van der Waals surface area contributed by atoms with Crippen molar-refractivity contribution in [2.45, 2.75) is 39.5 Å². The van der Waals surface area contributed by atoms with Crippen molar-refractivity contribution in [2.75, 3.05) is 26.3 Å². The lowest BCUT2D eigenvalue weighted by Crippen LogP contribution is -2.43. The first-order valence-corrected chi connectivity index (χ1v) is 7.30. The summed E-state index contributed by atoms with van der Waals surface area (Å²) in [5, 5.41) is 0. The maximum Gasteiger partial charge on any atom is 0.361 e. The molecule has 0 spiro atoms. The van der Waals surface area contributed by atoms with Gasteiger partial charge < -0.3 is 14.2 Å². The predicted molar refractivity (Wildman–Crippen MR) is 74.1 cm³/mol. The molecule has 1 amide bonds. The second kappa shape index (κ2) is 6.74. The molecule has 1 saturated heterocycles. The van der Waals surface area contributed by atoms with E-state index in [0.29, 0.717) is 44.7 Å². The van der Waals surface area contributed by atoms with Gasteiger partial charge in [0.15, 0.2) is 0 Å². The lowest BCUT2D eigenvalue weighted by molar-refractivity contribution is 0.0478. The topological polar surface area (TPSA) is 64.7 Å². The minimum Gasteiger partial charge on any atom is -0.378 e. The number of nitrogens with zero attached hydrogens (tertiary/aromatic N) is 2. The van der Waals surface area contributed by atoms with Crippen LogP contribution in [0, 0.1) is 0 Å². The van der Waals surface area contributed by atoms with Crippen molar-refractivity contribution in [3.8, 4) is 0 Å². The summed E-state index contributed by atoms with van der Waals surface area (Å²) < 4.78 is 11.6. The van der Waals surface area contributed by atoms with Gasteiger partial charge in [-0.2, -0.15) is 0 Å². The summed E-state index contributed by atoms with van der Waals surface area (Å²) in [4.78, 5) is 26.1. The molecule has 112 valence electrons. The van der Waals surface area contributed by atoms with Gasteiger partial charge in [0.2, 0.25) is 0 Å². The molecule has 0 radical (unpaired) electrons. The van der Waals surface area contributed by atoms with Gasteiger partial charge in [0.25, 0.3) is 0 Å². The molecule has 0 saturated carbocycles. The maximum atomic E-state index is 12.5. The zero-order valence-corrected chi connectivity index (χ0v) is 12.2. The lowest BCUT2D eigenvalue weighted by atomic mass is 10.1. The number of hydrogen-bond acceptors (Lipinski definition) is 4. The maximum absolute atomic E-state index is 12.5. The largest absolute Gasteiger partial charge is 0.378 e. The quantitative estimate of drug-likeness (QED) is 0.842. The van der Waals surface area contributed by atoms with E-state index in [0.717, 1.165) is 18.5 Å². The van der Waals surface area contributed by atoms with Crippen molar-refractivity contribution >= 4 is 6.03 Å². The summed E-state index contributed by atoms with van der Waals surface area (Å²) >= 11 is 0. The number of aromatic nitrogens is 1. The fourth-order valence-corrected chi connectivity index (χ4v) is 2.46. The minimum absolute atomic E-state index is 0.254. The standard InChI is InChI=1S/C14H22N2O4/c1-3-5-11-12(6-4-2)16(20-13(11)17)14(18)15-7-9-19-10-8-15/h3-10H2,1-2H3. The normalized spacial score (nSPS) is 15.6. The van der Waals surface area contributed by atoms with Crippen LogP contribution >= 0.6 is 0 Å². The molecule has 6 heteroatoms. The number of carbonyl (C=O) groups excluding carboxylic acids is 1. The van der Waals surface area contributed by atoms with Crippen LogP contribution in [0.15, 0.2) is 9.32 Å². The average molecular weight is 282 g/mol. The summed E-state index contributed by atoms with van der Waals surface area (Å²) in [6.07, 6.45) is 3.06. The van der Waals surface area contributed by atoms with E-state index in [1.807, 2.05) is 13.8 Å². The van der Waals surface area contributed by atoms with E-state index in [-0.39, 0.29) is 11.7 Å². The summed E-state index contributed by atoms with van der Waals surface area (Å²) in [5.41, 5.74) is 1.00. The van der Waals surface area contributed by atoms with Crippen LogP contribution < -0.4 is 5.63 Å². The molecule has 0 N–H and O–H groups in total. The van der Waals surface area contributed by atoms with E-state index in [9.17, 15) is 9.59 Å². The first-order valence-electron chi connectivity index (χ1n) is 7.30. The molecule has 1 aromatic rings. The Kier molecular flexibility index (Phi) is 5.00. The van der Waals surface area contributed by atoms with Gasteiger partial charge in [0.1, 0.15) is 0 Å². The fourth-order valence-electron chi connectivity index (χ4n) is 2.46. The highest BCUT2D eigenvalue weighted by Crippen LogP contribution is 2.13. The summed E-state index contributed by atoms with van der Waals surface area (Å²) in [5.74, 6) is 0. The minimum atomic E-state index is -0.378. The number of ether oxygens (including phenoxy) is 1. The van der Waals surface area contributed by atoms with Gasteiger partial charge in [-0.25, -0.2) is 9.59 Å². The van der Waals surface area contributed by atoms with Gasteiger partial charge in [-0.3, -0.25) is 0 Å². The summed E-state index contributed by atoms with van der Waals surface area (Å²) in [6.45, 7) is 6.17. The predicted octanol–water partition coefficient (Wildman–Crippen LogP) is 1.65. The van der Waals surface area contributed by atoms with E-state index in [4.69, 9.17) is 9.26 Å². The van der Waals surface area contributed by atoms with Crippen molar-refractivity contribution in [3.05, 3.63) is 21.7 Å². The Labute approximate surface area is 118 Å².